The third-order valence-corrected chi connectivity index (χ3v) is 2.80. The molecule has 1 aromatic carbocycles. The average Bonchev–Trinajstić information content (AvgIpc) is 2.90. The molecule has 0 fully saturated rings. The second kappa shape index (κ2) is 6.84. The average molecular weight is 308 g/mol. The first-order chi connectivity index (χ1) is 10.5. The largest absolute Gasteiger partial charge is 0.493 e. The van der Waals surface area contributed by atoms with Gasteiger partial charge in [0.2, 0.25) is 0 Å². The minimum Gasteiger partial charge on any atom is -0.493 e. The maximum absolute atomic E-state index is 12.2. The zero-order chi connectivity index (χ0) is 16.1. The fraction of sp³-hybridized carbons (Fsp3) is 0.200. The predicted octanol–water partition coefficient (Wildman–Crippen LogP) is 2.93. The Morgan fingerprint density at radius 3 is 2.68 bits per heavy atom. The molecule has 0 aliphatic carbocycles. The lowest BCUT2D eigenvalue weighted by atomic mass is 10.1. The van der Waals surface area contributed by atoms with E-state index in [-0.39, 0.29) is 17.3 Å². The summed E-state index contributed by atoms with van der Waals surface area (Å²) in [6, 6.07) is 5.77. The van der Waals surface area contributed by atoms with E-state index in [1.165, 1.54) is 31.4 Å². The Bertz CT molecular complexity index is 696. The smallest absolute Gasteiger partial charge is 0.387 e. The van der Waals surface area contributed by atoms with Gasteiger partial charge in [0, 0.05) is 18.8 Å². The van der Waals surface area contributed by atoms with Crippen LogP contribution in [0.2, 0.25) is 0 Å². The fourth-order valence-electron chi connectivity index (χ4n) is 1.79. The minimum atomic E-state index is -2.96. The molecule has 116 valence electrons. The molecule has 0 amide bonds. The number of ether oxygens (including phenoxy) is 2. The molecular weight excluding hydrogens is 294 g/mol. The first kappa shape index (κ1) is 15.7. The van der Waals surface area contributed by atoms with Gasteiger partial charge < -0.3 is 9.47 Å². The first-order valence-corrected chi connectivity index (χ1v) is 6.34. The normalized spacial score (nSPS) is 11.1. The van der Waals surface area contributed by atoms with Gasteiger partial charge in [-0.1, -0.05) is 0 Å². The summed E-state index contributed by atoms with van der Waals surface area (Å²) in [6.45, 7) is -2.96. The van der Waals surface area contributed by atoms with Gasteiger partial charge in [0.1, 0.15) is 0 Å². The second-order valence-electron chi connectivity index (χ2n) is 4.36. The highest BCUT2D eigenvalue weighted by Crippen LogP contribution is 2.29. The molecule has 0 radical (unpaired) electrons. The Kier molecular flexibility index (Phi) is 4.88. The number of hydrogen-bond donors (Lipinski definition) is 0. The first-order valence-electron chi connectivity index (χ1n) is 6.34. The molecule has 0 atom stereocenters. The van der Waals surface area contributed by atoms with Gasteiger partial charge in [-0.2, -0.15) is 13.9 Å². The van der Waals surface area contributed by atoms with Crippen molar-refractivity contribution < 1.29 is 23.0 Å². The summed E-state index contributed by atoms with van der Waals surface area (Å²) in [5.41, 5.74) is 0.936. The van der Waals surface area contributed by atoms with Crippen molar-refractivity contribution in [3.63, 3.8) is 0 Å². The Labute approximate surface area is 125 Å². The van der Waals surface area contributed by atoms with Crippen LogP contribution in [0.15, 0.2) is 36.5 Å². The molecule has 0 bridgehead atoms. The fourth-order valence-corrected chi connectivity index (χ4v) is 1.79. The van der Waals surface area contributed by atoms with E-state index < -0.39 is 6.61 Å². The number of aromatic nitrogens is 2. The highest BCUT2D eigenvalue weighted by molar-refractivity contribution is 6.07. The lowest BCUT2D eigenvalue weighted by molar-refractivity contribution is -0.0512. The maximum atomic E-state index is 12.2. The summed E-state index contributed by atoms with van der Waals surface area (Å²) >= 11 is 0. The number of allylic oxidation sites excluding steroid dienone is 1. The van der Waals surface area contributed by atoms with Crippen LogP contribution >= 0.6 is 0 Å². The van der Waals surface area contributed by atoms with Crippen molar-refractivity contribution in [1.82, 2.24) is 9.78 Å². The number of alkyl halides is 2. The van der Waals surface area contributed by atoms with E-state index in [9.17, 15) is 13.6 Å². The summed E-state index contributed by atoms with van der Waals surface area (Å²) in [6.07, 6.45) is 4.67. The van der Waals surface area contributed by atoms with Crippen LogP contribution in [-0.2, 0) is 7.05 Å². The van der Waals surface area contributed by atoms with Crippen molar-refractivity contribution in [2.75, 3.05) is 7.11 Å². The van der Waals surface area contributed by atoms with Gasteiger partial charge in [-0.25, -0.2) is 0 Å². The number of nitrogens with zero attached hydrogens (tertiary/aromatic N) is 2. The van der Waals surface area contributed by atoms with Gasteiger partial charge in [0.05, 0.1) is 12.8 Å². The van der Waals surface area contributed by atoms with Gasteiger partial charge in [0.25, 0.3) is 0 Å². The number of halogens is 2. The van der Waals surface area contributed by atoms with Crippen molar-refractivity contribution in [1.29, 1.82) is 0 Å². The Hall–Kier alpha value is -2.70. The standard InChI is InChI=1S/C15H14F2N2O3/c1-19-8-7-11(18-19)4-5-12(20)10-3-6-13(22-15(16)17)14(9-10)21-2/h3-9,15H,1-2H3/b5-4+. The molecule has 0 saturated carbocycles. The van der Waals surface area contributed by atoms with Gasteiger partial charge in [-0.05, 0) is 36.4 Å². The monoisotopic (exact) mass is 308 g/mol. The summed E-state index contributed by atoms with van der Waals surface area (Å²) in [7, 11) is 3.08. The van der Waals surface area contributed by atoms with Crippen LogP contribution in [0.25, 0.3) is 6.08 Å². The third kappa shape index (κ3) is 3.91. The number of methoxy groups -OCH3 is 1. The molecular formula is C15H14F2N2O3. The number of rotatable bonds is 6. The van der Waals surface area contributed by atoms with Crippen molar-refractivity contribution in [2.45, 2.75) is 6.61 Å². The second-order valence-corrected chi connectivity index (χ2v) is 4.36. The topological polar surface area (TPSA) is 53.4 Å². The van der Waals surface area contributed by atoms with E-state index in [1.54, 1.807) is 30.1 Å². The predicted molar refractivity (Wildman–Crippen MR) is 76.2 cm³/mol. The highest BCUT2D eigenvalue weighted by atomic mass is 19.3. The number of carbonyl (C=O) groups is 1. The molecule has 2 rings (SSSR count). The number of ketones is 1. The number of aryl methyl sites for hydroxylation is 1. The molecule has 7 heteroatoms. The van der Waals surface area contributed by atoms with Gasteiger partial charge in [0.15, 0.2) is 17.3 Å². The maximum Gasteiger partial charge on any atom is 0.387 e. The molecule has 0 aliphatic rings. The minimum absolute atomic E-state index is 0.0670. The quantitative estimate of drug-likeness (QED) is 0.608. The van der Waals surface area contributed by atoms with Gasteiger partial charge >= 0.3 is 6.61 Å². The summed E-state index contributed by atoms with van der Waals surface area (Å²) < 4.78 is 35.4. The molecule has 5 nitrogen and oxygen atoms in total. The Morgan fingerprint density at radius 2 is 2.09 bits per heavy atom. The molecule has 0 saturated heterocycles. The van der Waals surface area contributed by atoms with Crippen molar-refractivity contribution in [3.8, 4) is 11.5 Å². The summed E-state index contributed by atoms with van der Waals surface area (Å²) in [4.78, 5) is 12.1. The molecule has 2 aromatic rings. The van der Waals surface area contributed by atoms with Crippen LogP contribution in [0.4, 0.5) is 8.78 Å². The third-order valence-electron chi connectivity index (χ3n) is 2.80. The van der Waals surface area contributed by atoms with Crippen LogP contribution in [0.1, 0.15) is 16.1 Å². The number of benzene rings is 1. The molecule has 22 heavy (non-hydrogen) atoms. The van der Waals surface area contributed by atoms with E-state index in [0.29, 0.717) is 11.3 Å². The summed E-state index contributed by atoms with van der Waals surface area (Å²) in [5, 5.41) is 4.11. The Morgan fingerprint density at radius 1 is 1.32 bits per heavy atom. The van der Waals surface area contributed by atoms with Crippen LogP contribution in [0, 0.1) is 0 Å². The number of hydrogen-bond acceptors (Lipinski definition) is 4. The van der Waals surface area contributed by atoms with Crippen LogP contribution in [0.5, 0.6) is 11.5 Å². The van der Waals surface area contributed by atoms with Crippen molar-refractivity contribution in [2.24, 2.45) is 7.05 Å². The lowest BCUT2D eigenvalue weighted by Gasteiger charge is -2.10. The van der Waals surface area contributed by atoms with Crippen LogP contribution < -0.4 is 9.47 Å². The van der Waals surface area contributed by atoms with E-state index in [2.05, 4.69) is 9.84 Å². The number of carbonyl (C=O) groups excluding carboxylic acids is 1. The van der Waals surface area contributed by atoms with Crippen LogP contribution in [0.3, 0.4) is 0 Å². The van der Waals surface area contributed by atoms with E-state index in [1.807, 2.05) is 0 Å². The van der Waals surface area contributed by atoms with E-state index >= 15 is 0 Å². The zero-order valence-corrected chi connectivity index (χ0v) is 12.0. The SMILES string of the molecule is COc1cc(C(=O)/C=C/c2ccn(C)n2)ccc1OC(F)F. The molecule has 0 N–H and O–H groups in total. The highest BCUT2D eigenvalue weighted by Gasteiger charge is 2.13. The zero-order valence-electron chi connectivity index (χ0n) is 12.0. The van der Waals surface area contributed by atoms with E-state index in [0.717, 1.165) is 0 Å². The Balaban J connectivity index is 2.17. The molecule has 1 heterocycles. The van der Waals surface area contributed by atoms with Crippen LogP contribution in [-0.4, -0.2) is 29.3 Å². The lowest BCUT2D eigenvalue weighted by Crippen LogP contribution is -2.04. The van der Waals surface area contributed by atoms with Gasteiger partial charge in [-0.3, -0.25) is 9.48 Å². The molecule has 0 aliphatic heterocycles. The molecule has 1 aromatic heterocycles. The van der Waals surface area contributed by atoms with Gasteiger partial charge in [-0.15, -0.1) is 0 Å². The molecule has 0 spiro atoms. The van der Waals surface area contributed by atoms with E-state index in [4.69, 9.17) is 4.74 Å². The van der Waals surface area contributed by atoms with Crippen molar-refractivity contribution in [3.05, 3.63) is 47.8 Å². The molecule has 0 unspecified atom stereocenters. The summed E-state index contributed by atoms with van der Waals surface area (Å²) in [5.74, 6) is -0.354. The van der Waals surface area contributed by atoms with Crippen molar-refractivity contribution >= 4 is 11.9 Å².